The van der Waals surface area contributed by atoms with Gasteiger partial charge in [-0.25, -0.2) is 0 Å². The van der Waals surface area contributed by atoms with Crippen LogP contribution in [-0.4, -0.2) is 103 Å². The first-order valence-corrected chi connectivity index (χ1v) is 14.0. The van der Waals surface area contributed by atoms with E-state index in [0.29, 0.717) is 18.1 Å². The van der Waals surface area contributed by atoms with Gasteiger partial charge in [-0.2, -0.15) is 13.2 Å². The lowest BCUT2D eigenvalue weighted by atomic mass is 9.95. The minimum absolute atomic E-state index is 0.111. The summed E-state index contributed by atoms with van der Waals surface area (Å²) in [6.07, 6.45) is 1.61. The van der Waals surface area contributed by atoms with Crippen molar-refractivity contribution in [1.29, 1.82) is 0 Å². The summed E-state index contributed by atoms with van der Waals surface area (Å²) in [6, 6.07) is 0.634. The number of piperazine rings is 1. The topological polar surface area (TPSA) is 85.1 Å². The molecule has 5 N–H and O–H groups in total. The third-order valence-electron chi connectivity index (χ3n) is 7.64. The summed E-state index contributed by atoms with van der Waals surface area (Å²) >= 11 is 2.07. The maximum atomic E-state index is 12.8. The molecule has 9 nitrogen and oxygen atoms in total. The predicted molar refractivity (Wildman–Crippen MR) is 128 cm³/mol. The fourth-order valence-electron chi connectivity index (χ4n) is 5.74. The van der Waals surface area contributed by atoms with E-state index < -0.39 is 25.4 Å². The van der Waals surface area contributed by atoms with Crippen molar-refractivity contribution in [1.82, 2.24) is 36.4 Å². The molecule has 5 aliphatic rings. The molecule has 13 heteroatoms. The lowest BCUT2D eigenvalue weighted by Crippen LogP contribution is -2.76. The molecule has 0 radical (unpaired) electrons. The molecule has 5 fully saturated rings. The Labute approximate surface area is 209 Å². The van der Waals surface area contributed by atoms with Crippen LogP contribution < -0.4 is 26.6 Å². The van der Waals surface area contributed by atoms with Gasteiger partial charge in [0.05, 0.1) is 12.2 Å². The van der Waals surface area contributed by atoms with Crippen LogP contribution in [0.1, 0.15) is 45.4 Å². The SMILES string of the molecule is CC1CCC(CNC2NC(OCC(F)(F)F)NC(N3CCN(C4NC5CCCCC5S4)CC3)N2)O1. The molecule has 1 saturated carbocycles. The van der Waals surface area contributed by atoms with Crippen LogP contribution in [0.2, 0.25) is 0 Å². The second-order valence-electron chi connectivity index (χ2n) is 10.4. The standard InChI is InChI=1S/C22H40F3N7O2S/c1-14-6-7-15(34-14)12-26-18-28-19(30-20(29-18)33-13-22(23,24)25)31-8-10-32(11-9-31)21-27-16-4-2-3-5-17(16)35-21/h14-21,26-30H,2-13H2,1H3. The fourth-order valence-corrected chi connectivity index (χ4v) is 7.42. The lowest BCUT2D eigenvalue weighted by molar-refractivity contribution is -0.202. The smallest absolute Gasteiger partial charge is 0.374 e. The summed E-state index contributed by atoms with van der Waals surface area (Å²) < 4.78 is 49.4. The molecule has 0 aromatic heterocycles. The van der Waals surface area contributed by atoms with E-state index in [-0.39, 0.29) is 18.5 Å². The highest BCUT2D eigenvalue weighted by Gasteiger charge is 2.41. The molecule has 8 unspecified atom stereocenters. The summed E-state index contributed by atoms with van der Waals surface area (Å²) in [5.74, 6) is 0. The zero-order valence-corrected chi connectivity index (χ0v) is 21.2. The molecule has 0 aromatic rings. The maximum Gasteiger partial charge on any atom is 0.411 e. The number of hydrogen-bond acceptors (Lipinski definition) is 10. The zero-order valence-electron chi connectivity index (χ0n) is 20.4. The lowest BCUT2D eigenvalue weighted by Gasteiger charge is -2.46. The van der Waals surface area contributed by atoms with Gasteiger partial charge in [0, 0.05) is 44.0 Å². The quantitative estimate of drug-likeness (QED) is 0.332. The minimum Gasteiger partial charge on any atom is -0.374 e. The summed E-state index contributed by atoms with van der Waals surface area (Å²) in [7, 11) is 0. The second-order valence-corrected chi connectivity index (χ2v) is 11.7. The van der Waals surface area contributed by atoms with Crippen LogP contribution in [0, 0.1) is 0 Å². The van der Waals surface area contributed by atoms with E-state index in [2.05, 4.69) is 55.1 Å². The van der Waals surface area contributed by atoms with Crippen LogP contribution in [-0.2, 0) is 9.47 Å². The Morgan fingerprint density at radius 1 is 0.971 bits per heavy atom. The van der Waals surface area contributed by atoms with Crippen molar-refractivity contribution in [3.63, 3.8) is 0 Å². The van der Waals surface area contributed by atoms with Gasteiger partial charge >= 0.3 is 6.18 Å². The van der Waals surface area contributed by atoms with Crippen LogP contribution in [0.3, 0.4) is 0 Å². The normalized spacial score (nSPS) is 41.8. The van der Waals surface area contributed by atoms with Crippen molar-refractivity contribution in [2.24, 2.45) is 0 Å². The molecule has 0 amide bonds. The van der Waals surface area contributed by atoms with Crippen molar-refractivity contribution < 1.29 is 22.6 Å². The Kier molecular flexibility index (Phi) is 8.80. The van der Waals surface area contributed by atoms with Gasteiger partial charge in [-0.05, 0) is 32.6 Å². The molecule has 202 valence electrons. The first kappa shape index (κ1) is 26.4. The number of rotatable bonds is 7. The van der Waals surface area contributed by atoms with Crippen LogP contribution in [0.15, 0.2) is 0 Å². The molecule has 4 heterocycles. The number of thioether (sulfide) groups is 1. The average Bonchev–Trinajstić information content (AvgIpc) is 3.47. The summed E-state index contributed by atoms with van der Waals surface area (Å²) in [5.41, 5.74) is 0.366. The van der Waals surface area contributed by atoms with Gasteiger partial charge in [0.2, 0.25) is 0 Å². The van der Waals surface area contributed by atoms with E-state index in [1.807, 2.05) is 0 Å². The molecule has 8 atom stereocenters. The second kappa shape index (κ2) is 11.7. The third-order valence-corrected chi connectivity index (χ3v) is 9.25. The van der Waals surface area contributed by atoms with E-state index in [1.54, 1.807) is 0 Å². The van der Waals surface area contributed by atoms with Gasteiger partial charge in [0.1, 0.15) is 24.7 Å². The first-order valence-electron chi connectivity index (χ1n) is 13.1. The molecule has 4 aliphatic heterocycles. The van der Waals surface area contributed by atoms with Gasteiger partial charge in [0.25, 0.3) is 0 Å². The Hall–Kier alpha value is -0.220. The van der Waals surface area contributed by atoms with Crippen LogP contribution in [0.5, 0.6) is 0 Å². The third kappa shape index (κ3) is 7.21. The molecule has 0 aromatic carbocycles. The van der Waals surface area contributed by atoms with Crippen LogP contribution >= 0.6 is 11.8 Å². The van der Waals surface area contributed by atoms with Crippen molar-refractivity contribution >= 4 is 11.8 Å². The van der Waals surface area contributed by atoms with E-state index >= 15 is 0 Å². The Balaban J connectivity index is 1.13. The molecule has 35 heavy (non-hydrogen) atoms. The molecule has 4 saturated heterocycles. The van der Waals surface area contributed by atoms with E-state index in [1.165, 1.54) is 25.7 Å². The summed E-state index contributed by atoms with van der Waals surface area (Å²) in [4.78, 5) is 4.75. The molecular formula is C22H40F3N7O2S. The number of halogens is 3. The highest BCUT2D eigenvalue weighted by atomic mass is 32.2. The highest BCUT2D eigenvalue weighted by Crippen LogP contribution is 2.38. The number of fused-ring (bicyclic) bond motifs is 1. The predicted octanol–water partition coefficient (Wildman–Crippen LogP) is 0.904. The zero-order chi connectivity index (χ0) is 24.4. The number of nitrogens with zero attached hydrogens (tertiary/aromatic N) is 2. The van der Waals surface area contributed by atoms with Crippen molar-refractivity contribution in [3.8, 4) is 0 Å². The summed E-state index contributed by atoms with van der Waals surface area (Å²) in [5, 5.41) is 17.6. The monoisotopic (exact) mass is 523 g/mol. The molecule has 1 aliphatic carbocycles. The first-order chi connectivity index (χ1) is 16.8. The van der Waals surface area contributed by atoms with E-state index in [0.717, 1.165) is 44.3 Å². The van der Waals surface area contributed by atoms with Gasteiger partial charge in [-0.15, -0.1) is 11.8 Å². The molecule has 0 spiro atoms. The maximum absolute atomic E-state index is 12.8. The molecule has 5 rings (SSSR count). The van der Waals surface area contributed by atoms with Crippen molar-refractivity contribution in [2.75, 3.05) is 39.3 Å². The number of hydrogen-bond donors (Lipinski definition) is 5. The van der Waals surface area contributed by atoms with Crippen LogP contribution in [0.25, 0.3) is 0 Å². The average molecular weight is 524 g/mol. The van der Waals surface area contributed by atoms with Gasteiger partial charge < -0.3 is 9.47 Å². The highest BCUT2D eigenvalue weighted by molar-refractivity contribution is 8.00. The van der Waals surface area contributed by atoms with Crippen molar-refractivity contribution in [3.05, 3.63) is 0 Å². The van der Waals surface area contributed by atoms with E-state index in [4.69, 9.17) is 9.47 Å². The van der Waals surface area contributed by atoms with Crippen LogP contribution in [0.4, 0.5) is 13.2 Å². The fraction of sp³-hybridized carbons (Fsp3) is 1.00. The Morgan fingerprint density at radius 2 is 1.74 bits per heavy atom. The molecular weight excluding hydrogens is 483 g/mol. The largest absolute Gasteiger partial charge is 0.411 e. The molecule has 0 bridgehead atoms. The Morgan fingerprint density at radius 3 is 2.46 bits per heavy atom. The number of alkyl halides is 3. The van der Waals surface area contributed by atoms with Gasteiger partial charge in [-0.1, -0.05) is 12.8 Å². The number of ether oxygens (including phenoxy) is 2. The minimum atomic E-state index is -4.38. The van der Waals surface area contributed by atoms with Gasteiger partial charge in [0.15, 0.2) is 6.35 Å². The van der Waals surface area contributed by atoms with Crippen molar-refractivity contribution in [2.45, 2.75) is 99.6 Å². The number of nitrogens with one attached hydrogen (secondary N) is 5. The summed E-state index contributed by atoms with van der Waals surface area (Å²) in [6.45, 7) is 4.84. The van der Waals surface area contributed by atoms with Gasteiger partial charge in [-0.3, -0.25) is 36.4 Å². The Bertz CT molecular complexity index is 674. The van der Waals surface area contributed by atoms with E-state index in [9.17, 15) is 13.2 Å².